The van der Waals surface area contributed by atoms with E-state index >= 15 is 0 Å². The van der Waals surface area contributed by atoms with Gasteiger partial charge in [-0.3, -0.25) is 4.79 Å². The molecule has 120 valence electrons. The molecule has 0 aliphatic carbocycles. The second kappa shape index (κ2) is 7.26. The Morgan fingerprint density at radius 3 is 2.39 bits per heavy atom. The zero-order valence-electron chi connectivity index (χ0n) is 12.5. The zero-order valence-corrected chi connectivity index (χ0v) is 12.5. The molecule has 0 aliphatic heterocycles. The molecule has 0 heterocycles. The number of benzene rings is 2. The molecule has 2 N–H and O–H groups in total. The van der Waals surface area contributed by atoms with Crippen LogP contribution < -0.4 is 14.9 Å². The summed E-state index contributed by atoms with van der Waals surface area (Å²) in [6.07, 6.45) is 1.32. The first kappa shape index (κ1) is 16.3. The Morgan fingerprint density at radius 1 is 1.22 bits per heavy atom. The highest BCUT2D eigenvalue weighted by Gasteiger charge is 2.11. The molecule has 2 aromatic carbocycles. The normalized spacial score (nSPS) is 10.6. The fourth-order valence-corrected chi connectivity index (χ4v) is 1.86. The summed E-state index contributed by atoms with van der Waals surface area (Å²) in [5, 5.41) is 13.6. The van der Waals surface area contributed by atoms with Crippen LogP contribution in [0.1, 0.15) is 15.9 Å². The van der Waals surface area contributed by atoms with Crippen molar-refractivity contribution in [2.24, 2.45) is 5.10 Å². The molecular weight excluding hydrogens is 303 g/mol. The molecule has 2 rings (SSSR count). The molecule has 7 heteroatoms. The summed E-state index contributed by atoms with van der Waals surface area (Å²) in [4.78, 5) is 11.8. The van der Waals surface area contributed by atoms with Crippen molar-refractivity contribution in [3.8, 4) is 17.2 Å². The van der Waals surface area contributed by atoms with Crippen LogP contribution in [-0.2, 0) is 0 Å². The number of ether oxygens (including phenoxy) is 2. The number of methoxy groups -OCH3 is 2. The van der Waals surface area contributed by atoms with Crippen molar-refractivity contribution in [3.05, 3.63) is 53.3 Å². The lowest BCUT2D eigenvalue weighted by Crippen LogP contribution is -2.18. The fourth-order valence-electron chi connectivity index (χ4n) is 1.86. The van der Waals surface area contributed by atoms with Crippen LogP contribution in [0.4, 0.5) is 4.39 Å². The molecule has 0 radical (unpaired) electrons. The number of hydrogen-bond acceptors (Lipinski definition) is 5. The highest BCUT2D eigenvalue weighted by molar-refractivity contribution is 5.95. The smallest absolute Gasteiger partial charge is 0.274 e. The largest absolute Gasteiger partial charge is 0.502 e. The number of rotatable bonds is 5. The van der Waals surface area contributed by atoms with E-state index < -0.39 is 11.7 Å². The summed E-state index contributed by atoms with van der Waals surface area (Å²) in [7, 11) is 2.80. The Bertz CT molecular complexity index is 722. The molecule has 6 nitrogen and oxygen atoms in total. The summed E-state index contributed by atoms with van der Waals surface area (Å²) in [5.74, 6) is -1.04. The number of phenolic OH excluding ortho intramolecular Hbond substituents is 1. The molecule has 1 amide bonds. The van der Waals surface area contributed by atoms with E-state index in [1.54, 1.807) is 6.07 Å². The molecule has 0 aromatic heterocycles. The summed E-state index contributed by atoms with van der Waals surface area (Å²) >= 11 is 0. The van der Waals surface area contributed by atoms with Gasteiger partial charge in [0.2, 0.25) is 5.75 Å². The summed E-state index contributed by atoms with van der Waals surface area (Å²) < 4.78 is 23.5. The van der Waals surface area contributed by atoms with Crippen molar-refractivity contribution in [1.82, 2.24) is 5.43 Å². The third-order valence-corrected chi connectivity index (χ3v) is 3.00. The van der Waals surface area contributed by atoms with E-state index in [4.69, 9.17) is 9.47 Å². The van der Waals surface area contributed by atoms with Crippen LogP contribution in [0.25, 0.3) is 0 Å². The number of amides is 1. The number of aromatic hydroxyl groups is 1. The molecular formula is C16H15FN2O4. The SMILES string of the molecule is COc1cc(C=NNC(=O)c2ccccc2F)cc(OC)c1O. The lowest BCUT2D eigenvalue weighted by Gasteiger charge is -2.09. The van der Waals surface area contributed by atoms with Gasteiger partial charge in [0.15, 0.2) is 11.5 Å². The van der Waals surface area contributed by atoms with Gasteiger partial charge in [-0.1, -0.05) is 12.1 Å². The summed E-state index contributed by atoms with van der Waals surface area (Å²) in [5.41, 5.74) is 2.64. The van der Waals surface area contributed by atoms with E-state index in [-0.39, 0.29) is 22.8 Å². The number of phenols is 1. The van der Waals surface area contributed by atoms with Crippen LogP contribution in [0, 0.1) is 5.82 Å². The average Bonchev–Trinajstić information content (AvgIpc) is 2.56. The van der Waals surface area contributed by atoms with Crippen molar-refractivity contribution in [2.75, 3.05) is 14.2 Å². The maximum atomic E-state index is 13.5. The molecule has 2 aromatic rings. The fraction of sp³-hybridized carbons (Fsp3) is 0.125. The Labute approximate surface area is 132 Å². The van der Waals surface area contributed by atoms with Gasteiger partial charge in [-0.2, -0.15) is 5.10 Å². The average molecular weight is 318 g/mol. The number of nitrogens with zero attached hydrogens (tertiary/aromatic N) is 1. The molecule has 0 aliphatic rings. The first-order valence-electron chi connectivity index (χ1n) is 6.59. The number of hydrogen-bond donors (Lipinski definition) is 2. The molecule has 23 heavy (non-hydrogen) atoms. The first-order chi connectivity index (χ1) is 11.1. The Kier molecular flexibility index (Phi) is 5.14. The summed E-state index contributed by atoms with van der Waals surface area (Å²) in [6.45, 7) is 0. The lowest BCUT2D eigenvalue weighted by molar-refractivity contribution is 0.0951. The van der Waals surface area contributed by atoms with Crippen molar-refractivity contribution < 1.29 is 23.8 Å². The van der Waals surface area contributed by atoms with Gasteiger partial charge in [-0.25, -0.2) is 9.82 Å². The van der Waals surface area contributed by atoms with E-state index in [2.05, 4.69) is 10.5 Å². The Morgan fingerprint density at radius 2 is 1.83 bits per heavy atom. The molecule has 0 saturated heterocycles. The van der Waals surface area contributed by atoms with Crippen LogP contribution in [-0.4, -0.2) is 31.4 Å². The van der Waals surface area contributed by atoms with Crippen LogP contribution in [0.2, 0.25) is 0 Å². The molecule has 0 fully saturated rings. The van der Waals surface area contributed by atoms with Gasteiger partial charge < -0.3 is 14.6 Å². The minimum Gasteiger partial charge on any atom is -0.502 e. The number of carbonyl (C=O) groups excluding carboxylic acids is 1. The van der Waals surface area contributed by atoms with Gasteiger partial charge in [0, 0.05) is 5.56 Å². The Hall–Kier alpha value is -3.09. The van der Waals surface area contributed by atoms with Crippen LogP contribution >= 0.6 is 0 Å². The summed E-state index contributed by atoms with van der Waals surface area (Å²) in [6, 6.07) is 8.61. The van der Waals surface area contributed by atoms with Gasteiger partial charge >= 0.3 is 0 Å². The number of nitrogens with one attached hydrogen (secondary N) is 1. The van der Waals surface area contributed by atoms with Crippen LogP contribution in [0.3, 0.4) is 0 Å². The predicted molar refractivity (Wildman–Crippen MR) is 82.7 cm³/mol. The highest BCUT2D eigenvalue weighted by Crippen LogP contribution is 2.36. The van der Waals surface area contributed by atoms with Gasteiger partial charge in [0.1, 0.15) is 5.82 Å². The second-order valence-corrected chi connectivity index (χ2v) is 4.45. The molecule has 0 saturated carbocycles. The van der Waals surface area contributed by atoms with E-state index in [0.29, 0.717) is 5.56 Å². The molecule has 0 unspecified atom stereocenters. The Balaban J connectivity index is 2.15. The van der Waals surface area contributed by atoms with Crippen molar-refractivity contribution in [3.63, 3.8) is 0 Å². The minimum absolute atomic E-state index is 0.106. The first-order valence-corrected chi connectivity index (χ1v) is 6.59. The van der Waals surface area contributed by atoms with Crippen LogP contribution in [0.5, 0.6) is 17.2 Å². The maximum absolute atomic E-state index is 13.5. The van der Waals surface area contributed by atoms with E-state index in [9.17, 15) is 14.3 Å². The maximum Gasteiger partial charge on any atom is 0.274 e. The van der Waals surface area contributed by atoms with Gasteiger partial charge in [-0.15, -0.1) is 0 Å². The van der Waals surface area contributed by atoms with Gasteiger partial charge in [0.25, 0.3) is 5.91 Å². The van der Waals surface area contributed by atoms with E-state index in [1.807, 2.05) is 0 Å². The van der Waals surface area contributed by atoms with Crippen molar-refractivity contribution in [2.45, 2.75) is 0 Å². The van der Waals surface area contributed by atoms with Gasteiger partial charge in [-0.05, 0) is 24.3 Å². The molecule has 0 spiro atoms. The van der Waals surface area contributed by atoms with E-state index in [1.165, 1.54) is 50.8 Å². The van der Waals surface area contributed by atoms with Gasteiger partial charge in [0.05, 0.1) is 26.0 Å². The van der Waals surface area contributed by atoms with Crippen molar-refractivity contribution >= 4 is 12.1 Å². The monoisotopic (exact) mass is 318 g/mol. The minimum atomic E-state index is -0.669. The predicted octanol–water partition coefficient (Wildman–Crippen LogP) is 2.31. The molecule has 0 atom stereocenters. The lowest BCUT2D eigenvalue weighted by atomic mass is 10.2. The number of carbonyl (C=O) groups is 1. The van der Waals surface area contributed by atoms with E-state index in [0.717, 1.165) is 0 Å². The van der Waals surface area contributed by atoms with Crippen LogP contribution in [0.15, 0.2) is 41.5 Å². The zero-order chi connectivity index (χ0) is 16.8. The molecule has 0 bridgehead atoms. The topological polar surface area (TPSA) is 80.2 Å². The third kappa shape index (κ3) is 3.76. The second-order valence-electron chi connectivity index (χ2n) is 4.45. The number of halogens is 1. The van der Waals surface area contributed by atoms with Crippen molar-refractivity contribution in [1.29, 1.82) is 0 Å². The number of hydrazone groups is 1. The standard InChI is InChI=1S/C16H15FN2O4/c1-22-13-7-10(8-14(23-2)15(13)20)9-18-19-16(21)11-5-3-4-6-12(11)17/h3-9,20H,1-2H3,(H,19,21). The highest BCUT2D eigenvalue weighted by atomic mass is 19.1. The quantitative estimate of drug-likeness (QED) is 0.655. The third-order valence-electron chi connectivity index (χ3n) is 3.00.